The fraction of sp³-hybridized carbons (Fsp3) is 0.296. The highest BCUT2D eigenvalue weighted by atomic mass is 15.2. The van der Waals surface area contributed by atoms with Crippen molar-refractivity contribution < 1.29 is 0 Å². The van der Waals surface area contributed by atoms with E-state index < -0.39 is 0 Å². The lowest BCUT2D eigenvalue weighted by atomic mass is 9.84. The number of aliphatic imine (C=N–C) groups is 1. The number of amidine groups is 1. The van der Waals surface area contributed by atoms with Gasteiger partial charge < -0.3 is 4.90 Å². The van der Waals surface area contributed by atoms with Gasteiger partial charge in [0, 0.05) is 24.4 Å². The molecule has 0 bridgehead atoms. The fourth-order valence-electron chi connectivity index (χ4n) is 4.88. The summed E-state index contributed by atoms with van der Waals surface area (Å²) >= 11 is 0. The van der Waals surface area contributed by atoms with Crippen molar-refractivity contribution in [3.63, 3.8) is 0 Å². The van der Waals surface area contributed by atoms with E-state index in [4.69, 9.17) is 4.99 Å². The molecule has 1 unspecified atom stereocenters. The number of rotatable bonds is 5. The molecule has 3 aromatic rings. The molecule has 0 aromatic heterocycles. The Hall–Kier alpha value is -2.87. The van der Waals surface area contributed by atoms with E-state index in [1.54, 1.807) is 0 Å². The Morgan fingerprint density at radius 3 is 2.00 bits per heavy atom. The van der Waals surface area contributed by atoms with Gasteiger partial charge in [0.05, 0.1) is 6.54 Å². The van der Waals surface area contributed by atoms with Gasteiger partial charge in [-0.15, -0.1) is 0 Å². The molecule has 2 nitrogen and oxygen atoms in total. The van der Waals surface area contributed by atoms with Gasteiger partial charge in [0.1, 0.15) is 5.84 Å². The first-order valence-electron chi connectivity index (χ1n) is 10.6. The second-order valence-electron chi connectivity index (χ2n) is 8.61. The predicted molar refractivity (Wildman–Crippen MR) is 120 cm³/mol. The Kier molecular flexibility index (Phi) is 4.50. The molecule has 3 aromatic carbocycles. The number of hydrogen-bond donors (Lipinski definition) is 0. The van der Waals surface area contributed by atoms with Crippen LogP contribution in [0.2, 0.25) is 0 Å². The minimum atomic E-state index is 0.0551. The molecule has 1 fully saturated rings. The fourth-order valence-corrected chi connectivity index (χ4v) is 4.88. The third-order valence-electron chi connectivity index (χ3n) is 6.59. The van der Waals surface area contributed by atoms with Crippen molar-refractivity contribution >= 4 is 5.84 Å². The van der Waals surface area contributed by atoms with Gasteiger partial charge in [0.2, 0.25) is 0 Å². The molecule has 0 amide bonds. The van der Waals surface area contributed by atoms with E-state index in [-0.39, 0.29) is 5.41 Å². The van der Waals surface area contributed by atoms with Crippen molar-refractivity contribution in [2.75, 3.05) is 13.1 Å². The van der Waals surface area contributed by atoms with E-state index in [9.17, 15) is 0 Å². The molecule has 0 saturated heterocycles. The van der Waals surface area contributed by atoms with Crippen LogP contribution in [0.4, 0.5) is 0 Å². The Morgan fingerprint density at radius 1 is 0.828 bits per heavy atom. The summed E-state index contributed by atoms with van der Waals surface area (Å²) in [5.74, 6) is 1.76. The Bertz CT molecular complexity index is 971. The van der Waals surface area contributed by atoms with Gasteiger partial charge in [-0.2, -0.15) is 0 Å². The molecule has 1 heterocycles. The summed E-state index contributed by atoms with van der Waals surface area (Å²) in [5.41, 5.74) is 6.89. The van der Waals surface area contributed by atoms with Gasteiger partial charge >= 0.3 is 0 Å². The van der Waals surface area contributed by atoms with Crippen LogP contribution in [0.1, 0.15) is 34.2 Å². The monoisotopic (exact) mass is 380 g/mol. The van der Waals surface area contributed by atoms with Gasteiger partial charge in [0.15, 0.2) is 0 Å². The van der Waals surface area contributed by atoms with Crippen LogP contribution in [0, 0.1) is 19.8 Å². The third-order valence-corrected chi connectivity index (χ3v) is 6.59. The van der Waals surface area contributed by atoms with Crippen LogP contribution in [0.25, 0.3) is 0 Å². The minimum Gasteiger partial charge on any atom is -0.354 e. The van der Waals surface area contributed by atoms with Crippen molar-refractivity contribution in [1.29, 1.82) is 0 Å². The second-order valence-corrected chi connectivity index (χ2v) is 8.61. The molecule has 0 spiro atoms. The Morgan fingerprint density at radius 2 is 1.41 bits per heavy atom. The molecular formula is C27H28N2. The average Bonchev–Trinajstić information content (AvgIpc) is 3.33. The predicted octanol–water partition coefficient (Wildman–Crippen LogP) is 5.52. The molecule has 29 heavy (non-hydrogen) atoms. The van der Waals surface area contributed by atoms with Gasteiger partial charge in [-0.25, -0.2) is 0 Å². The van der Waals surface area contributed by atoms with Crippen LogP contribution in [0.15, 0.2) is 83.9 Å². The number of aryl methyl sites for hydroxylation is 2. The Balaban J connectivity index is 1.49. The molecule has 1 saturated carbocycles. The molecule has 0 radical (unpaired) electrons. The zero-order valence-electron chi connectivity index (χ0n) is 17.3. The first-order valence-corrected chi connectivity index (χ1v) is 10.6. The van der Waals surface area contributed by atoms with Gasteiger partial charge in [-0.05, 0) is 37.0 Å². The lowest BCUT2D eigenvalue weighted by Gasteiger charge is -2.25. The normalized spacial score (nSPS) is 19.9. The maximum atomic E-state index is 5.00. The highest BCUT2D eigenvalue weighted by molar-refractivity contribution is 5.92. The lowest BCUT2D eigenvalue weighted by Crippen LogP contribution is -2.31. The van der Waals surface area contributed by atoms with Crippen molar-refractivity contribution in [1.82, 2.24) is 4.90 Å². The standard InChI is InChI=1S/C27H28N2/c1-20-8-12-23(13-9-20)27(24-14-10-21(2)11-15-24)18-25(27)26-28-16-17-29(26)19-22-6-4-3-5-7-22/h3-15,25H,16-19H2,1-2H3. The summed E-state index contributed by atoms with van der Waals surface area (Å²) in [6, 6.07) is 29.1. The molecule has 5 rings (SSSR count). The van der Waals surface area contributed by atoms with E-state index in [1.807, 2.05) is 0 Å². The van der Waals surface area contributed by atoms with Crippen LogP contribution >= 0.6 is 0 Å². The topological polar surface area (TPSA) is 15.6 Å². The van der Waals surface area contributed by atoms with Crippen LogP contribution in [0.3, 0.4) is 0 Å². The van der Waals surface area contributed by atoms with E-state index in [2.05, 4.69) is 97.6 Å². The zero-order chi connectivity index (χ0) is 19.8. The number of hydrogen-bond acceptors (Lipinski definition) is 2. The van der Waals surface area contributed by atoms with E-state index in [0.29, 0.717) is 5.92 Å². The lowest BCUT2D eigenvalue weighted by molar-refractivity contribution is 0.438. The zero-order valence-corrected chi connectivity index (χ0v) is 17.3. The van der Waals surface area contributed by atoms with E-state index in [0.717, 1.165) is 26.1 Å². The van der Waals surface area contributed by atoms with Crippen molar-refractivity contribution in [2.24, 2.45) is 10.9 Å². The summed E-state index contributed by atoms with van der Waals surface area (Å²) in [4.78, 5) is 7.50. The SMILES string of the molecule is Cc1ccc(C2(c3ccc(C)cc3)CC2C2=NCCN2Cc2ccccc2)cc1. The summed E-state index contributed by atoms with van der Waals surface area (Å²) in [6.07, 6.45) is 1.14. The van der Waals surface area contributed by atoms with Crippen LogP contribution in [-0.2, 0) is 12.0 Å². The molecule has 0 N–H and O–H groups in total. The van der Waals surface area contributed by atoms with Crippen LogP contribution < -0.4 is 0 Å². The highest BCUT2D eigenvalue weighted by Crippen LogP contribution is 2.60. The Labute approximate surface area is 173 Å². The van der Waals surface area contributed by atoms with Gasteiger partial charge in [0.25, 0.3) is 0 Å². The highest BCUT2D eigenvalue weighted by Gasteiger charge is 2.60. The van der Waals surface area contributed by atoms with Crippen LogP contribution in [-0.4, -0.2) is 23.8 Å². The number of nitrogens with zero attached hydrogens (tertiary/aromatic N) is 2. The van der Waals surface area contributed by atoms with Crippen molar-refractivity contribution in [2.45, 2.75) is 32.2 Å². The second kappa shape index (κ2) is 7.18. The summed E-state index contributed by atoms with van der Waals surface area (Å²) in [5, 5.41) is 0. The maximum absolute atomic E-state index is 5.00. The smallest absolute Gasteiger partial charge is 0.104 e. The van der Waals surface area contributed by atoms with Crippen LogP contribution in [0.5, 0.6) is 0 Å². The van der Waals surface area contributed by atoms with Crippen molar-refractivity contribution in [3.8, 4) is 0 Å². The van der Waals surface area contributed by atoms with Crippen molar-refractivity contribution in [3.05, 3.63) is 107 Å². The molecule has 1 atom stereocenters. The molecule has 1 aliphatic heterocycles. The molecular weight excluding hydrogens is 352 g/mol. The molecule has 2 heteroatoms. The number of benzene rings is 3. The first-order chi connectivity index (χ1) is 14.2. The molecule has 2 aliphatic rings. The van der Waals surface area contributed by atoms with Gasteiger partial charge in [-0.1, -0.05) is 90.0 Å². The quantitative estimate of drug-likeness (QED) is 0.569. The summed E-state index contributed by atoms with van der Waals surface area (Å²) in [6.45, 7) is 7.22. The molecule has 1 aliphatic carbocycles. The minimum absolute atomic E-state index is 0.0551. The summed E-state index contributed by atoms with van der Waals surface area (Å²) < 4.78 is 0. The largest absolute Gasteiger partial charge is 0.354 e. The van der Waals surface area contributed by atoms with Gasteiger partial charge in [-0.3, -0.25) is 4.99 Å². The first kappa shape index (κ1) is 18.2. The third kappa shape index (κ3) is 3.27. The van der Waals surface area contributed by atoms with E-state index in [1.165, 1.54) is 33.7 Å². The van der Waals surface area contributed by atoms with E-state index >= 15 is 0 Å². The average molecular weight is 381 g/mol. The maximum Gasteiger partial charge on any atom is 0.104 e. The summed E-state index contributed by atoms with van der Waals surface area (Å²) in [7, 11) is 0. The molecule has 146 valence electrons.